The molecule has 0 aliphatic carbocycles. The first-order valence-corrected chi connectivity index (χ1v) is 8.07. The van der Waals surface area contributed by atoms with Gasteiger partial charge in [-0.3, -0.25) is 13.9 Å². The maximum Gasteiger partial charge on any atom is 0.329 e. The molecule has 0 atom stereocenters. The molecule has 23 heavy (non-hydrogen) atoms. The van der Waals surface area contributed by atoms with Gasteiger partial charge in [-0.1, -0.05) is 12.1 Å². The number of imidazole rings is 1. The summed E-state index contributed by atoms with van der Waals surface area (Å²) in [5, 5.41) is 0. The molecule has 1 aliphatic heterocycles. The van der Waals surface area contributed by atoms with Crippen molar-refractivity contribution < 1.29 is 4.79 Å². The maximum absolute atomic E-state index is 12.6. The van der Waals surface area contributed by atoms with Gasteiger partial charge in [0.2, 0.25) is 5.91 Å². The summed E-state index contributed by atoms with van der Waals surface area (Å²) in [6.45, 7) is 1.65. The van der Waals surface area contributed by atoms with Gasteiger partial charge in [-0.05, 0) is 39.1 Å². The molecule has 1 aromatic heterocycles. The summed E-state index contributed by atoms with van der Waals surface area (Å²) in [5.74, 6) is 0.0284. The molecule has 0 bridgehead atoms. The van der Waals surface area contributed by atoms with E-state index in [1.165, 1.54) is 0 Å². The normalized spacial score (nSPS) is 16.4. The lowest BCUT2D eigenvalue weighted by Gasteiger charge is -2.35. The van der Waals surface area contributed by atoms with Gasteiger partial charge in [0.05, 0.1) is 11.0 Å². The number of carbonyl (C=O) groups excluding carboxylic acids is 1. The van der Waals surface area contributed by atoms with E-state index in [0.29, 0.717) is 6.04 Å². The zero-order valence-electron chi connectivity index (χ0n) is 14.0. The number of hydrogen-bond acceptors (Lipinski definition) is 3. The van der Waals surface area contributed by atoms with Gasteiger partial charge >= 0.3 is 5.69 Å². The average Bonchev–Trinajstić information content (AvgIpc) is 2.80. The number of nitrogens with zero attached hydrogens (tertiary/aromatic N) is 4. The van der Waals surface area contributed by atoms with Gasteiger partial charge in [-0.25, -0.2) is 4.79 Å². The molecule has 0 saturated carbocycles. The van der Waals surface area contributed by atoms with Crippen molar-refractivity contribution in [2.75, 3.05) is 27.2 Å². The summed E-state index contributed by atoms with van der Waals surface area (Å²) >= 11 is 0. The second kappa shape index (κ2) is 6.20. The Hall–Kier alpha value is -2.08. The van der Waals surface area contributed by atoms with E-state index in [-0.39, 0.29) is 18.1 Å². The highest BCUT2D eigenvalue weighted by molar-refractivity contribution is 5.81. The van der Waals surface area contributed by atoms with Gasteiger partial charge in [0.1, 0.15) is 6.54 Å². The third-order valence-electron chi connectivity index (χ3n) is 4.89. The highest BCUT2D eigenvalue weighted by Crippen LogP contribution is 2.16. The second-order valence-electron chi connectivity index (χ2n) is 6.49. The van der Waals surface area contributed by atoms with Crippen molar-refractivity contribution in [2.24, 2.45) is 7.05 Å². The van der Waals surface area contributed by atoms with Crippen LogP contribution in [0.2, 0.25) is 0 Å². The van der Waals surface area contributed by atoms with E-state index < -0.39 is 0 Å². The number of para-hydroxylation sites is 2. The van der Waals surface area contributed by atoms with E-state index in [1.54, 1.807) is 16.2 Å². The van der Waals surface area contributed by atoms with Crippen LogP contribution >= 0.6 is 0 Å². The molecule has 1 fully saturated rings. The Morgan fingerprint density at radius 1 is 1.17 bits per heavy atom. The molecular formula is C17H24N4O2. The highest BCUT2D eigenvalue weighted by atomic mass is 16.2. The van der Waals surface area contributed by atoms with Crippen molar-refractivity contribution in [3.8, 4) is 0 Å². The fourth-order valence-electron chi connectivity index (χ4n) is 3.38. The number of piperidine rings is 1. The Morgan fingerprint density at radius 3 is 2.39 bits per heavy atom. The quantitative estimate of drug-likeness (QED) is 0.845. The van der Waals surface area contributed by atoms with Crippen LogP contribution in [0.15, 0.2) is 29.1 Å². The summed E-state index contributed by atoms with van der Waals surface area (Å²) in [4.78, 5) is 29.1. The first-order chi connectivity index (χ1) is 11.0. The number of rotatable bonds is 3. The molecule has 6 nitrogen and oxygen atoms in total. The standard InChI is InChI=1S/C17H24N4O2/c1-18(2)13-8-10-20(11-9-13)16(22)12-21-15-7-5-4-6-14(15)19(3)17(21)23/h4-7,13H,8-12H2,1-3H3. The van der Waals surface area contributed by atoms with Crippen LogP contribution < -0.4 is 5.69 Å². The van der Waals surface area contributed by atoms with Gasteiger partial charge < -0.3 is 9.80 Å². The third kappa shape index (κ3) is 2.91. The van der Waals surface area contributed by atoms with Gasteiger partial charge in [-0.2, -0.15) is 0 Å². The monoisotopic (exact) mass is 316 g/mol. The minimum absolute atomic E-state index is 0.0284. The minimum atomic E-state index is -0.136. The number of amides is 1. The van der Waals surface area contributed by atoms with Gasteiger partial charge in [0.25, 0.3) is 0 Å². The molecule has 1 amide bonds. The highest BCUT2D eigenvalue weighted by Gasteiger charge is 2.24. The van der Waals surface area contributed by atoms with Gasteiger partial charge in [-0.15, -0.1) is 0 Å². The number of aryl methyl sites for hydroxylation is 1. The summed E-state index contributed by atoms with van der Waals surface area (Å²) in [6.07, 6.45) is 1.98. The van der Waals surface area contributed by atoms with E-state index in [2.05, 4.69) is 19.0 Å². The largest absolute Gasteiger partial charge is 0.341 e. The van der Waals surface area contributed by atoms with Crippen molar-refractivity contribution in [3.63, 3.8) is 0 Å². The van der Waals surface area contributed by atoms with Crippen molar-refractivity contribution in [3.05, 3.63) is 34.7 Å². The first-order valence-electron chi connectivity index (χ1n) is 8.07. The number of carbonyl (C=O) groups is 1. The molecule has 2 heterocycles. The Kier molecular flexibility index (Phi) is 4.26. The van der Waals surface area contributed by atoms with Crippen LogP contribution in [0.1, 0.15) is 12.8 Å². The first kappa shape index (κ1) is 15.8. The third-order valence-corrected chi connectivity index (χ3v) is 4.89. The zero-order valence-corrected chi connectivity index (χ0v) is 14.0. The lowest BCUT2D eigenvalue weighted by atomic mass is 10.0. The fraction of sp³-hybridized carbons (Fsp3) is 0.529. The maximum atomic E-state index is 12.6. The Bertz CT molecular complexity index is 766. The van der Waals surface area contributed by atoms with Crippen LogP contribution in [-0.4, -0.2) is 58.1 Å². The van der Waals surface area contributed by atoms with Gasteiger partial charge in [0, 0.05) is 26.2 Å². The number of likely N-dealkylation sites (tertiary alicyclic amines) is 1. The van der Waals surface area contributed by atoms with E-state index in [0.717, 1.165) is 37.0 Å². The van der Waals surface area contributed by atoms with Gasteiger partial charge in [0.15, 0.2) is 0 Å². The predicted octanol–water partition coefficient (Wildman–Crippen LogP) is 0.893. The summed E-state index contributed by atoms with van der Waals surface area (Å²) in [6, 6.07) is 8.13. The molecule has 6 heteroatoms. The topological polar surface area (TPSA) is 50.5 Å². The molecule has 0 N–H and O–H groups in total. The summed E-state index contributed by atoms with van der Waals surface area (Å²) in [7, 11) is 5.91. The molecule has 2 aromatic rings. The van der Waals surface area contributed by atoms with E-state index in [9.17, 15) is 9.59 Å². The SMILES string of the molecule is CN(C)C1CCN(C(=O)Cn2c(=O)n(C)c3ccccc32)CC1. The van der Waals surface area contributed by atoms with Crippen LogP contribution in [0, 0.1) is 0 Å². The molecule has 0 spiro atoms. The number of fused-ring (bicyclic) bond motifs is 1. The van der Waals surface area contributed by atoms with Crippen molar-refractivity contribution in [2.45, 2.75) is 25.4 Å². The fourth-order valence-corrected chi connectivity index (χ4v) is 3.38. The van der Waals surface area contributed by atoms with E-state index >= 15 is 0 Å². The van der Waals surface area contributed by atoms with Crippen LogP contribution in [-0.2, 0) is 18.4 Å². The van der Waals surface area contributed by atoms with Crippen LogP contribution in [0.4, 0.5) is 0 Å². The predicted molar refractivity (Wildman–Crippen MR) is 90.5 cm³/mol. The smallest absolute Gasteiger partial charge is 0.329 e. The van der Waals surface area contributed by atoms with E-state index in [4.69, 9.17) is 0 Å². The Labute approximate surface area is 135 Å². The van der Waals surface area contributed by atoms with Crippen LogP contribution in [0.25, 0.3) is 11.0 Å². The molecule has 1 aromatic carbocycles. The lowest BCUT2D eigenvalue weighted by molar-refractivity contribution is -0.133. The molecule has 0 unspecified atom stereocenters. The second-order valence-corrected chi connectivity index (χ2v) is 6.49. The molecule has 1 aliphatic rings. The minimum Gasteiger partial charge on any atom is -0.341 e. The Balaban J connectivity index is 1.77. The Morgan fingerprint density at radius 2 is 1.78 bits per heavy atom. The van der Waals surface area contributed by atoms with Crippen molar-refractivity contribution in [1.29, 1.82) is 0 Å². The molecule has 0 radical (unpaired) electrons. The number of aromatic nitrogens is 2. The summed E-state index contributed by atoms with van der Waals surface area (Å²) in [5.41, 5.74) is 1.54. The summed E-state index contributed by atoms with van der Waals surface area (Å²) < 4.78 is 3.18. The molecule has 1 saturated heterocycles. The molecule has 3 rings (SSSR count). The molecule has 124 valence electrons. The van der Waals surface area contributed by atoms with E-state index in [1.807, 2.05) is 29.2 Å². The van der Waals surface area contributed by atoms with Crippen molar-refractivity contribution in [1.82, 2.24) is 18.9 Å². The van der Waals surface area contributed by atoms with Crippen LogP contribution in [0.5, 0.6) is 0 Å². The average molecular weight is 316 g/mol. The number of hydrogen-bond donors (Lipinski definition) is 0. The van der Waals surface area contributed by atoms with Crippen molar-refractivity contribution >= 4 is 16.9 Å². The zero-order chi connectivity index (χ0) is 16.6. The molecular weight excluding hydrogens is 292 g/mol. The lowest BCUT2D eigenvalue weighted by Crippen LogP contribution is -2.46. The number of benzene rings is 1. The van der Waals surface area contributed by atoms with Crippen LogP contribution in [0.3, 0.4) is 0 Å².